The summed E-state index contributed by atoms with van der Waals surface area (Å²) in [7, 11) is 1.31. The molecule has 0 aliphatic carbocycles. The summed E-state index contributed by atoms with van der Waals surface area (Å²) in [5.41, 5.74) is 0. The van der Waals surface area contributed by atoms with Crippen LogP contribution in [-0.4, -0.2) is 37.4 Å². The van der Waals surface area contributed by atoms with Gasteiger partial charge in [-0.2, -0.15) is 0 Å². The number of aryl methyl sites for hydroxylation is 1. The van der Waals surface area contributed by atoms with E-state index in [1.54, 1.807) is 0 Å². The summed E-state index contributed by atoms with van der Waals surface area (Å²) in [6.07, 6.45) is 0.0723. The van der Waals surface area contributed by atoms with Crippen LogP contribution in [0.4, 0.5) is 0 Å². The van der Waals surface area contributed by atoms with Crippen LogP contribution in [-0.2, 0) is 16.0 Å². The molecule has 17 heavy (non-hydrogen) atoms. The quantitative estimate of drug-likeness (QED) is 0.541. The maximum Gasteiger partial charge on any atom is 0.308 e. The van der Waals surface area contributed by atoms with Crippen molar-refractivity contribution >= 4 is 5.97 Å². The Balaban J connectivity index is 2.09. The molecule has 1 aromatic rings. The van der Waals surface area contributed by atoms with E-state index in [1.165, 1.54) is 7.11 Å². The van der Waals surface area contributed by atoms with Crippen LogP contribution >= 0.6 is 0 Å². The normalized spacial score (nSPS) is 12.4. The predicted molar refractivity (Wildman–Crippen MR) is 62.7 cm³/mol. The van der Waals surface area contributed by atoms with Crippen LogP contribution in [0.2, 0.25) is 0 Å². The predicted octanol–water partition coefficient (Wildman–Crippen LogP) is 0.644. The number of esters is 1. The zero-order chi connectivity index (χ0) is 12.7. The molecule has 0 saturated heterocycles. The Hall–Kier alpha value is -1.33. The Bertz CT molecular complexity index is 348. The average Bonchev–Trinajstić information content (AvgIpc) is 2.70. The molecular formula is C12H19NO4. The van der Waals surface area contributed by atoms with Gasteiger partial charge in [0.05, 0.1) is 19.6 Å². The first-order valence-corrected chi connectivity index (χ1v) is 5.62. The van der Waals surface area contributed by atoms with E-state index in [2.05, 4.69) is 10.1 Å². The van der Waals surface area contributed by atoms with Gasteiger partial charge in [-0.15, -0.1) is 0 Å². The number of carbonyl (C=O) groups is 1. The maximum absolute atomic E-state index is 10.9. The van der Waals surface area contributed by atoms with Crippen LogP contribution in [0.15, 0.2) is 16.5 Å². The number of aliphatic hydroxyl groups excluding tert-OH is 1. The van der Waals surface area contributed by atoms with Gasteiger partial charge in [-0.05, 0) is 19.1 Å². The highest BCUT2D eigenvalue weighted by molar-refractivity contribution is 5.69. The zero-order valence-corrected chi connectivity index (χ0v) is 10.2. The standard InChI is InChI=1S/C12H19NO4/c1-9-3-4-11(17-9)5-6-13-8-10(14)7-12(15)16-2/h3-4,10,13-14H,5-8H2,1-2H3. The molecule has 1 unspecified atom stereocenters. The van der Waals surface area contributed by atoms with Crippen molar-refractivity contribution in [3.8, 4) is 0 Å². The van der Waals surface area contributed by atoms with Gasteiger partial charge in [0.2, 0.25) is 0 Å². The van der Waals surface area contributed by atoms with Crippen molar-refractivity contribution in [2.45, 2.75) is 25.9 Å². The summed E-state index contributed by atoms with van der Waals surface area (Å²) in [5, 5.41) is 12.5. The summed E-state index contributed by atoms with van der Waals surface area (Å²) in [4.78, 5) is 10.9. The van der Waals surface area contributed by atoms with Crippen molar-refractivity contribution in [1.82, 2.24) is 5.32 Å². The fourth-order valence-electron chi connectivity index (χ4n) is 1.45. The molecule has 1 heterocycles. The summed E-state index contributed by atoms with van der Waals surface area (Å²) in [6.45, 7) is 2.97. The molecule has 0 spiro atoms. The van der Waals surface area contributed by atoms with Gasteiger partial charge in [-0.3, -0.25) is 4.79 Å². The largest absolute Gasteiger partial charge is 0.469 e. The number of methoxy groups -OCH3 is 1. The van der Waals surface area contributed by atoms with Crippen molar-refractivity contribution in [2.75, 3.05) is 20.2 Å². The lowest BCUT2D eigenvalue weighted by atomic mass is 10.2. The van der Waals surface area contributed by atoms with E-state index >= 15 is 0 Å². The summed E-state index contributed by atoms with van der Waals surface area (Å²) >= 11 is 0. The van der Waals surface area contributed by atoms with Crippen LogP contribution in [0.1, 0.15) is 17.9 Å². The lowest BCUT2D eigenvalue weighted by molar-refractivity contribution is -0.142. The first-order chi connectivity index (χ1) is 8.11. The molecule has 96 valence electrons. The Kier molecular flexibility index (Phi) is 5.72. The molecule has 5 heteroatoms. The third-order valence-electron chi connectivity index (χ3n) is 2.35. The van der Waals surface area contributed by atoms with Gasteiger partial charge in [-0.1, -0.05) is 0 Å². The molecule has 2 N–H and O–H groups in total. The van der Waals surface area contributed by atoms with Gasteiger partial charge in [0.15, 0.2) is 0 Å². The minimum Gasteiger partial charge on any atom is -0.469 e. The highest BCUT2D eigenvalue weighted by Gasteiger charge is 2.10. The molecule has 0 radical (unpaired) electrons. The summed E-state index contributed by atoms with van der Waals surface area (Å²) in [6, 6.07) is 3.85. The van der Waals surface area contributed by atoms with Gasteiger partial charge >= 0.3 is 5.97 Å². The molecule has 0 aliphatic rings. The fraction of sp³-hybridized carbons (Fsp3) is 0.583. The van der Waals surface area contributed by atoms with Crippen molar-refractivity contribution in [2.24, 2.45) is 0 Å². The van der Waals surface area contributed by atoms with Gasteiger partial charge in [-0.25, -0.2) is 0 Å². The van der Waals surface area contributed by atoms with Crippen LogP contribution in [0.3, 0.4) is 0 Å². The Morgan fingerprint density at radius 2 is 2.35 bits per heavy atom. The molecule has 1 aromatic heterocycles. The number of nitrogens with one attached hydrogen (secondary N) is 1. The molecular weight excluding hydrogens is 222 g/mol. The highest BCUT2D eigenvalue weighted by Crippen LogP contribution is 2.05. The monoisotopic (exact) mass is 241 g/mol. The fourth-order valence-corrected chi connectivity index (χ4v) is 1.45. The first kappa shape index (κ1) is 13.7. The topological polar surface area (TPSA) is 71.7 Å². The zero-order valence-electron chi connectivity index (χ0n) is 10.2. The molecule has 0 aromatic carbocycles. The van der Waals surface area contributed by atoms with Crippen LogP contribution in [0, 0.1) is 6.92 Å². The van der Waals surface area contributed by atoms with Gasteiger partial charge in [0.1, 0.15) is 11.5 Å². The number of hydrogen-bond donors (Lipinski definition) is 2. The number of hydrogen-bond acceptors (Lipinski definition) is 5. The minimum atomic E-state index is -0.708. The second-order valence-corrected chi connectivity index (χ2v) is 3.90. The maximum atomic E-state index is 10.9. The molecule has 0 bridgehead atoms. The molecule has 0 amide bonds. The van der Waals surface area contributed by atoms with Crippen molar-refractivity contribution in [3.05, 3.63) is 23.7 Å². The third-order valence-corrected chi connectivity index (χ3v) is 2.35. The van der Waals surface area contributed by atoms with Crippen molar-refractivity contribution in [3.63, 3.8) is 0 Å². The van der Waals surface area contributed by atoms with E-state index < -0.39 is 12.1 Å². The van der Waals surface area contributed by atoms with E-state index in [4.69, 9.17) is 4.42 Å². The van der Waals surface area contributed by atoms with Gasteiger partial charge < -0.3 is 19.6 Å². The van der Waals surface area contributed by atoms with E-state index in [1.807, 2.05) is 19.1 Å². The Morgan fingerprint density at radius 1 is 1.59 bits per heavy atom. The molecule has 0 fully saturated rings. The smallest absolute Gasteiger partial charge is 0.308 e. The third kappa shape index (κ3) is 5.51. The summed E-state index contributed by atoms with van der Waals surface area (Å²) in [5.74, 6) is 1.41. The van der Waals surface area contributed by atoms with E-state index in [0.29, 0.717) is 13.1 Å². The van der Waals surface area contributed by atoms with Gasteiger partial charge in [0.25, 0.3) is 0 Å². The van der Waals surface area contributed by atoms with Crippen molar-refractivity contribution < 1.29 is 19.1 Å². The second-order valence-electron chi connectivity index (χ2n) is 3.90. The number of furan rings is 1. The molecule has 1 atom stereocenters. The summed E-state index contributed by atoms with van der Waals surface area (Å²) < 4.78 is 9.85. The number of rotatable bonds is 7. The van der Waals surface area contributed by atoms with E-state index in [9.17, 15) is 9.90 Å². The molecule has 0 aliphatic heterocycles. The minimum absolute atomic E-state index is 0.0172. The Morgan fingerprint density at radius 3 is 2.94 bits per heavy atom. The SMILES string of the molecule is COC(=O)CC(O)CNCCc1ccc(C)o1. The van der Waals surface area contributed by atoms with Crippen molar-refractivity contribution in [1.29, 1.82) is 0 Å². The van der Waals surface area contributed by atoms with Crippen LogP contribution < -0.4 is 5.32 Å². The number of carbonyl (C=O) groups excluding carboxylic acids is 1. The van der Waals surface area contributed by atoms with E-state index in [-0.39, 0.29) is 6.42 Å². The number of ether oxygens (including phenoxy) is 1. The van der Waals surface area contributed by atoms with Gasteiger partial charge in [0, 0.05) is 19.5 Å². The second kappa shape index (κ2) is 7.09. The molecule has 5 nitrogen and oxygen atoms in total. The lowest BCUT2D eigenvalue weighted by Gasteiger charge is -2.09. The Labute approximate surface area is 101 Å². The average molecular weight is 241 g/mol. The number of aliphatic hydroxyl groups is 1. The van der Waals surface area contributed by atoms with Crippen LogP contribution in [0.25, 0.3) is 0 Å². The van der Waals surface area contributed by atoms with Crippen LogP contribution in [0.5, 0.6) is 0 Å². The highest BCUT2D eigenvalue weighted by atomic mass is 16.5. The molecule has 0 saturated carbocycles. The van der Waals surface area contributed by atoms with E-state index in [0.717, 1.165) is 17.9 Å². The first-order valence-electron chi connectivity index (χ1n) is 5.62. The molecule has 1 rings (SSSR count). The lowest BCUT2D eigenvalue weighted by Crippen LogP contribution is -2.30.